The molecule has 0 aliphatic rings. The van der Waals surface area contributed by atoms with Gasteiger partial charge in [-0.1, -0.05) is 35.9 Å². The number of aliphatic carboxylic acids is 1. The molecule has 0 aliphatic heterocycles. The van der Waals surface area contributed by atoms with E-state index in [0.717, 1.165) is 22.0 Å². The summed E-state index contributed by atoms with van der Waals surface area (Å²) in [4.78, 5) is 12.0. The van der Waals surface area contributed by atoms with Gasteiger partial charge in [-0.25, -0.2) is 0 Å². The highest BCUT2D eigenvalue weighted by atomic mass is 35.5. The molecule has 0 saturated carbocycles. The summed E-state index contributed by atoms with van der Waals surface area (Å²) in [7, 11) is 0. The first kappa shape index (κ1) is 14.1. The fraction of sp³-hybridized carbons (Fsp3) is 0.214. The van der Waals surface area contributed by atoms with Crippen molar-refractivity contribution in [3.05, 3.63) is 56.7 Å². The van der Waals surface area contributed by atoms with E-state index in [4.69, 9.17) is 16.7 Å². The minimum absolute atomic E-state index is 0.0582. The number of thiophene rings is 1. The quantitative estimate of drug-likeness (QED) is 0.859. The Balaban J connectivity index is 1.93. The van der Waals surface area contributed by atoms with E-state index in [1.807, 2.05) is 36.4 Å². The SMILES string of the molecule is O=C(O)Cc1ccccc1CNCc1ccc(Cl)s1. The lowest BCUT2D eigenvalue weighted by Crippen LogP contribution is -2.14. The monoisotopic (exact) mass is 295 g/mol. The molecule has 0 radical (unpaired) electrons. The van der Waals surface area contributed by atoms with E-state index in [9.17, 15) is 4.79 Å². The number of carboxylic acids is 1. The summed E-state index contributed by atoms with van der Waals surface area (Å²) in [5.41, 5.74) is 1.87. The standard InChI is InChI=1S/C14H14ClNO2S/c15-13-6-5-12(19-13)9-16-8-11-4-2-1-3-10(11)7-14(17)18/h1-6,16H,7-9H2,(H,17,18). The molecule has 100 valence electrons. The average Bonchev–Trinajstić information content (AvgIpc) is 2.77. The third-order valence-electron chi connectivity index (χ3n) is 2.70. The summed E-state index contributed by atoms with van der Waals surface area (Å²) >= 11 is 7.41. The topological polar surface area (TPSA) is 49.3 Å². The van der Waals surface area contributed by atoms with E-state index in [2.05, 4.69) is 5.32 Å². The fourth-order valence-electron chi connectivity index (χ4n) is 1.83. The van der Waals surface area contributed by atoms with Crippen molar-refractivity contribution < 1.29 is 9.90 Å². The van der Waals surface area contributed by atoms with Gasteiger partial charge in [-0.2, -0.15) is 0 Å². The van der Waals surface area contributed by atoms with Crippen molar-refractivity contribution in [2.45, 2.75) is 19.5 Å². The summed E-state index contributed by atoms with van der Waals surface area (Å²) in [5, 5.41) is 12.2. The second kappa shape index (κ2) is 6.70. The Labute approximate surface area is 120 Å². The van der Waals surface area contributed by atoms with Gasteiger partial charge in [0.25, 0.3) is 0 Å². The van der Waals surface area contributed by atoms with Gasteiger partial charge in [-0.15, -0.1) is 11.3 Å². The summed E-state index contributed by atoms with van der Waals surface area (Å²) in [6, 6.07) is 11.5. The van der Waals surface area contributed by atoms with Crippen LogP contribution in [0.1, 0.15) is 16.0 Å². The maximum absolute atomic E-state index is 10.8. The van der Waals surface area contributed by atoms with Crippen molar-refractivity contribution >= 4 is 28.9 Å². The van der Waals surface area contributed by atoms with Crippen LogP contribution in [0.3, 0.4) is 0 Å². The third-order valence-corrected chi connectivity index (χ3v) is 3.93. The molecule has 2 aromatic rings. The first-order valence-electron chi connectivity index (χ1n) is 5.88. The van der Waals surface area contributed by atoms with Gasteiger partial charge < -0.3 is 10.4 Å². The zero-order valence-corrected chi connectivity index (χ0v) is 11.8. The van der Waals surface area contributed by atoms with Crippen LogP contribution in [0, 0.1) is 0 Å². The number of benzene rings is 1. The molecular formula is C14H14ClNO2S. The maximum Gasteiger partial charge on any atom is 0.307 e. The summed E-state index contributed by atoms with van der Waals surface area (Å²) in [6.07, 6.45) is 0.0582. The Kier molecular flexibility index (Phi) is 4.96. The molecule has 0 fully saturated rings. The molecule has 0 amide bonds. The highest BCUT2D eigenvalue weighted by Gasteiger charge is 2.06. The molecule has 5 heteroatoms. The number of rotatable bonds is 6. The summed E-state index contributed by atoms with van der Waals surface area (Å²) in [6.45, 7) is 1.39. The van der Waals surface area contributed by atoms with Crippen LogP contribution in [-0.4, -0.2) is 11.1 Å². The van der Waals surface area contributed by atoms with Crippen molar-refractivity contribution in [2.75, 3.05) is 0 Å². The second-order valence-electron chi connectivity index (χ2n) is 4.15. The van der Waals surface area contributed by atoms with Gasteiger partial charge in [-0.05, 0) is 23.3 Å². The van der Waals surface area contributed by atoms with Gasteiger partial charge in [-0.3, -0.25) is 4.79 Å². The van der Waals surface area contributed by atoms with Gasteiger partial charge in [0.1, 0.15) is 0 Å². The molecule has 1 aromatic heterocycles. The zero-order chi connectivity index (χ0) is 13.7. The van der Waals surface area contributed by atoms with Gasteiger partial charge in [0.2, 0.25) is 0 Å². The summed E-state index contributed by atoms with van der Waals surface area (Å²) < 4.78 is 0.781. The van der Waals surface area contributed by atoms with Gasteiger partial charge >= 0.3 is 5.97 Å². The molecule has 0 aliphatic carbocycles. The Bertz CT molecular complexity index is 568. The summed E-state index contributed by atoms with van der Waals surface area (Å²) in [5.74, 6) is -0.808. The zero-order valence-electron chi connectivity index (χ0n) is 10.2. The van der Waals surface area contributed by atoms with E-state index in [1.165, 1.54) is 4.88 Å². The second-order valence-corrected chi connectivity index (χ2v) is 5.95. The van der Waals surface area contributed by atoms with Crippen molar-refractivity contribution in [3.8, 4) is 0 Å². The molecule has 3 nitrogen and oxygen atoms in total. The average molecular weight is 296 g/mol. The van der Waals surface area contributed by atoms with E-state index >= 15 is 0 Å². The minimum Gasteiger partial charge on any atom is -0.481 e. The van der Waals surface area contributed by atoms with Crippen LogP contribution in [0.5, 0.6) is 0 Å². The van der Waals surface area contributed by atoms with E-state index < -0.39 is 5.97 Å². The predicted molar refractivity (Wildman–Crippen MR) is 77.7 cm³/mol. The van der Waals surface area contributed by atoms with Gasteiger partial charge in [0.05, 0.1) is 10.8 Å². The van der Waals surface area contributed by atoms with Crippen LogP contribution in [0.2, 0.25) is 4.34 Å². The largest absolute Gasteiger partial charge is 0.481 e. The lowest BCUT2D eigenvalue weighted by Gasteiger charge is -2.08. The number of hydrogen-bond acceptors (Lipinski definition) is 3. The Morgan fingerprint density at radius 3 is 2.53 bits per heavy atom. The first-order valence-corrected chi connectivity index (χ1v) is 7.08. The molecule has 0 spiro atoms. The highest BCUT2D eigenvalue weighted by molar-refractivity contribution is 7.16. The van der Waals surface area contributed by atoms with Crippen LogP contribution in [-0.2, 0) is 24.3 Å². The van der Waals surface area contributed by atoms with Gasteiger partial charge in [0.15, 0.2) is 0 Å². The van der Waals surface area contributed by atoms with E-state index in [-0.39, 0.29) is 6.42 Å². The Morgan fingerprint density at radius 1 is 1.16 bits per heavy atom. The Hall–Kier alpha value is -1.36. The molecule has 0 unspecified atom stereocenters. The molecule has 2 N–H and O–H groups in total. The van der Waals surface area contributed by atoms with Crippen LogP contribution < -0.4 is 5.32 Å². The lowest BCUT2D eigenvalue weighted by atomic mass is 10.0. The first-order chi connectivity index (χ1) is 9.15. The minimum atomic E-state index is -0.808. The van der Waals surface area contributed by atoms with Crippen LogP contribution in [0.4, 0.5) is 0 Å². The van der Waals surface area contributed by atoms with Crippen molar-refractivity contribution in [1.82, 2.24) is 5.32 Å². The number of carbonyl (C=O) groups is 1. The molecule has 19 heavy (non-hydrogen) atoms. The van der Waals surface area contributed by atoms with Crippen molar-refractivity contribution in [2.24, 2.45) is 0 Å². The molecule has 2 rings (SSSR count). The highest BCUT2D eigenvalue weighted by Crippen LogP contribution is 2.21. The number of halogens is 1. The van der Waals surface area contributed by atoms with Crippen LogP contribution in [0.15, 0.2) is 36.4 Å². The van der Waals surface area contributed by atoms with E-state index in [1.54, 1.807) is 11.3 Å². The molecule has 0 saturated heterocycles. The maximum atomic E-state index is 10.8. The fourth-order valence-corrected chi connectivity index (χ4v) is 2.89. The molecule has 0 atom stereocenters. The lowest BCUT2D eigenvalue weighted by molar-refractivity contribution is -0.136. The van der Waals surface area contributed by atoms with Crippen LogP contribution >= 0.6 is 22.9 Å². The Morgan fingerprint density at radius 2 is 1.89 bits per heavy atom. The smallest absolute Gasteiger partial charge is 0.307 e. The van der Waals surface area contributed by atoms with Crippen molar-refractivity contribution in [1.29, 1.82) is 0 Å². The molecule has 0 bridgehead atoms. The van der Waals surface area contributed by atoms with E-state index in [0.29, 0.717) is 6.54 Å². The third kappa shape index (κ3) is 4.35. The van der Waals surface area contributed by atoms with Crippen LogP contribution in [0.25, 0.3) is 0 Å². The number of nitrogens with one attached hydrogen (secondary N) is 1. The van der Waals surface area contributed by atoms with Gasteiger partial charge in [0, 0.05) is 18.0 Å². The molecular weight excluding hydrogens is 282 g/mol. The predicted octanol–water partition coefficient (Wildman–Crippen LogP) is 3.32. The molecule has 1 aromatic carbocycles. The normalized spacial score (nSPS) is 10.6. The number of carboxylic acid groups (broad SMARTS) is 1. The molecule has 1 heterocycles. The van der Waals surface area contributed by atoms with Crippen molar-refractivity contribution in [3.63, 3.8) is 0 Å². The number of hydrogen-bond donors (Lipinski definition) is 2.